The van der Waals surface area contributed by atoms with Gasteiger partial charge in [0.2, 0.25) is 0 Å². The summed E-state index contributed by atoms with van der Waals surface area (Å²) in [5.74, 6) is -0.827. The molecule has 0 saturated heterocycles. The Morgan fingerprint density at radius 2 is 1.05 bits per heavy atom. The van der Waals surface area contributed by atoms with Crippen molar-refractivity contribution < 1.29 is 19.1 Å². The average molecular weight is 599 g/mol. The largest absolute Gasteiger partial charge is 0.461 e. The van der Waals surface area contributed by atoms with Crippen LogP contribution in [0, 0.1) is 0 Å². The first-order chi connectivity index (χ1) is 17.8. The van der Waals surface area contributed by atoms with Crippen molar-refractivity contribution in [3.05, 3.63) is 89.5 Å². The van der Waals surface area contributed by atoms with E-state index in [1.165, 1.54) is 20.9 Å². The molecule has 0 aliphatic rings. The van der Waals surface area contributed by atoms with Crippen molar-refractivity contribution >= 4 is 38.8 Å². The first-order valence-corrected chi connectivity index (χ1v) is 14.9. The van der Waals surface area contributed by atoms with Gasteiger partial charge in [0, 0.05) is 0 Å². The molecule has 0 fully saturated rings. The lowest BCUT2D eigenvalue weighted by molar-refractivity contribution is -0.143. The molecular formula is C32H38BrO4S+. The van der Waals surface area contributed by atoms with Crippen LogP contribution < -0.4 is 0 Å². The number of alkyl halides is 1. The predicted molar refractivity (Wildman–Crippen MR) is 159 cm³/mol. The monoisotopic (exact) mass is 597 g/mol. The van der Waals surface area contributed by atoms with E-state index < -0.39 is 10.8 Å². The van der Waals surface area contributed by atoms with Gasteiger partial charge in [-0.1, -0.05) is 81.7 Å². The Kier molecular flexibility index (Phi) is 9.88. The molecule has 3 aromatic carbocycles. The van der Waals surface area contributed by atoms with Crippen LogP contribution >= 0.6 is 15.9 Å². The van der Waals surface area contributed by atoms with Crippen LogP contribution in [-0.2, 0) is 36.0 Å². The minimum Gasteiger partial charge on any atom is -0.461 e. The van der Waals surface area contributed by atoms with Crippen LogP contribution in [-0.4, -0.2) is 30.0 Å². The second-order valence-electron chi connectivity index (χ2n) is 11.3. The highest BCUT2D eigenvalue weighted by Crippen LogP contribution is 2.34. The molecule has 4 nitrogen and oxygen atoms in total. The molecule has 0 spiro atoms. The Balaban J connectivity index is 1.85. The van der Waals surface area contributed by atoms with Crippen LogP contribution in [0.3, 0.4) is 0 Å². The van der Waals surface area contributed by atoms with Gasteiger partial charge in [0.15, 0.2) is 14.7 Å². The highest BCUT2D eigenvalue weighted by atomic mass is 79.9. The van der Waals surface area contributed by atoms with Crippen molar-refractivity contribution in [2.75, 3.05) is 13.2 Å². The van der Waals surface area contributed by atoms with Crippen LogP contribution in [0.15, 0.2) is 87.5 Å². The molecule has 38 heavy (non-hydrogen) atoms. The van der Waals surface area contributed by atoms with Gasteiger partial charge in [0.05, 0.1) is 16.5 Å². The molecule has 0 amide bonds. The number of hydrogen-bond donors (Lipinski definition) is 0. The van der Waals surface area contributed by atoms with Crippen molar-refractivity contribution in [1.29, 1.82) is 0 Å². The fraction of sp³-hybridized carbons (Fsp3) is 0.375. The van der Waals surface area contributed by atoms with Gasteiger partial charge in [0.25, 0.3) is 0 Å². The number of benzene rings is 3. The Morgan fingerprint density at radius 3 is 1.42 bits per heavy atom. The number of rotatable bonds is 8. The lowest BCUT2D eigenvalue weighted by Gasteiger charge is -2.20. The zero-order valence-electron chi connectivity index (χ0n) is 23.3. The van der Waals surface area contributed by atoms with Gasteiger partial charge in [-0.25, -0.2) is 4.79 Å². The van der Waals surface area contributed by atoms with E-state index in [1.54, 1.807) is 19.1 Å². The van der Waals surface area contributed by atoms with E-state index >= 15 is 0 Å². The molecule has 0 saturated carbocycles. The summed E-state index contributed by atoms with van der Waals surface area (Å²) in [7, 11) is -0.337. The molecule has 0 aliphatic heterocycles. The third-order valence-corrected chi connectivity index (χ3v) is 8.73. The molecule has 0 aliphatic carbocycles. The Morgan fingerprint density at radius 1 is 0.684 bits per heavy atom. The zero-order chi connectivity index (χ0) is 28.1. The molecule has 0 heterocycles. The molecule has 1 unspecified atom stereocenters. The van der Waals surface area contributed by atoms with Gasteiger partial charge in [-0.2, -0.15) is 0 Å². The molecule has 3 aromatic rings. The summed E-state index contributed by atoms with van der Waals surface area (Å²) in [4.78, 5) is 27.2. The lowest BCUT2D eigenvalue weighted by atomic mass is 9.87. The Hall–Kier alpha value is -2.57. The van der Waals surface area contributed by atoms with E-state index in [-0.39, 0.29) is 40.9 Å². The first-order valence-electron chi connectivity index (χ1n) is 12.8. The fourth-order valence-electron chi connectivity index (χ4n) is 3.79. The molecule has 0 radical (unpaired) electrons. The molecular weight excluding hydrogens is 560 g/mol. The maximum atomic E-state index is 12.5. The summed E-state index contributed by atoms with van der Waals surface area (Å²) >= 11 is 3.15. The van der Waals surface area contributed by atoms with Crippen molar-refractivity contribution in [2.45, 2.75) is 78.8 Å². The summed E-state index contributed by atoms with van der Waals surface area (Å²) in [6.45, 7) is 15.0. The third kappa shape index (κ3) is 7.97. The van der Waals surface area contributed by atoms with Gasteiger partial charge in [-0.05, 0) is 77.4 Å². The van der Waals surface area contributed by atoms with Crippen LogP contribution in [0.2, 0.25) is 0 Å². The van der Waals surface area contributed by atoms with Crippen LogP contribution in [0.5, 0.6) is 0 Å². The maximum absolute atomic E-state index is 12.5. The molecule has 202 valence electrons. The maximum Gasteiger partial charge on any atom is 0.338 e. The van der Waals surface area contributed by atoms with Crippen molar-refractivity contribution in [1.82, 2.24) is 0 Å². The first kappa shape index (κ1) is 30.0. The lowest BCUT2D eigenvalue weighted by Crippen LogP contribution is -2.18. The van der Waals surface area contributed by atoms with E-state index in [2.05, 4.69) is 106 Å². The number of esters is 2. The van der Waals surface area contributed by atoms with Crippen LogP contribution in [0.25, 0.3) is 0 Å². The second kappa shape index (κ2) is 12.5. The van der Waals surface area contributed by atoms with E-state index in [4.69, 9.17) is 9.47 Å². The van der Waals surface area contributed by atoms with Gasteiger partial charge in [-0.15, -0.1) is 0 Å². The van der Waals surface area contributed by atoms with Crippen LogP contribution in [0.1, 0.15) is 70.0 Å². The highest BCUT2D eigenvalue weighted by Gasteiger charge is 2.30. The molecule has 6 heteroatoms. The SMILES string of the molecule is CC(Br)C(=O)OCCOC(=O)c1ccc([S+](c2ccc(C(C)(C)C)cc2)c2ccc(C(C)(C)C)cc2)cc1. The zero-order valence-corrected chi connectivity index (χ0v) is 25.7. The van der Waals surface area contributed by atoms with Crippen LogP contribution in [0.4, 0.5) is 0 Å². The van der Waals surface area contributed by atoms with Crippen molar-refractivity contribution in [3.8, 4) is 0 Å². The highest BCUT2D eigenvalue weighted by molar-refractivity contribution is 9.10. The van der Waals surface area contributed by atoms with E-state index in [0.29, 0.717) is 5.56 Å². The predicted octanol–water partition coefficient (Wildman–Crippen LogP) is 7.86. The molecule has 0 N–H and O–H groups in total. The summed E-state index contributed by atoms with van der Waals surface area (Å²) in [6.07, 6.45) is 0. The van der Waals surface area contributed by atoms with E-state index in [0.717, 1.165) is 4.90 Å². The number of halogens is 1. The average Bonchev–Trinajstić information content (AvgIpc) is 2.86. The standard InChI is InChI=1S/C32H38BrO4S/c1-22(33)29(34)36-20-21-37-30(35)23-8-14-26(15-9-23)38(27-16-10-24(11-17-27)31(2,3)4)28-18-12-25(13-19-28)32(5,6)7/h8-19,22H,20-21H2,1-7H3/q+1. The topological polar surface area (TPSA) is 52.6 Å². The number of hydrogen-bond acceptors (Lipinski definition) is 4. The smallest absolute Gasteiger partial charge is 0.338 e. The van der Waals surface area contributed by atoms with Gasteiger partial charge in [0.1, 0.15) is 18.0 Å². The Labute approximate surface area is 238 Å². The number of carbonyl (C=O) groups excluding carboxylic acids is 2. The number of ether oxygens (including phenoxy) is 2. The number of carbonyl (C=O) groups is 2. The summed E-state index contributed by atoms with van der Waals surface area (Å²) < 4.78 is 10.3. The summed E-state index contributed by atoms with van der Waals surface area (Å²) in [5, 5.41) is 0. The fourth-order valence-corrected chi connectivity index (χ4v) is 5.97. The quantitative estimate of drug-likeness (QED) is 0.115. The van der Waals surface area contributed by atoms with E-state index in [9.17, 15) is 9.59 Å². The van der Waals surface area contributed by atoms with E-state index in [1.807, 2.05) is 12.1 Å². The third-order valence-electron chi connectivity index (χ3n) is 6.12. The summed E-state index contributed by atoms with van der Waals surface area (Å²) in [6, 6.07) is 25.4. The normalized spacial score (nSPS) is 12.8. The molecule has 0 aromatic heterocycles. The summed E-state index contributed by atoms with van der Waals surface area (Å²) in [5.41, 5.74) is 3.21. The van der Waals surface area contributed by atoms with Gasteiger partial charge < -0.3 is 9.47 Å². The molecule has 3 rings (SSSR count). The van der Waals surface area contributed by atoms with Gasteiger partial charge >= 0.3 is 11.9 Å². The minimum absolute atomic E-state index is 0.0106. The molecule has 1 atom stereocenters. The van der Waals surface area contributed by atoms with Gasteiger partial charge in [-0.3, -0.25) is 4.79 Å². The minimum atomic E-state index is -0.441. The van der Waals surface area contributed by atoms with Crippen molar-refractivity contribution in [2.24, 2.45) is 0 Å². The second-order valence-corrected chi connectivity index (χ2v) is 14.7. The van der Waals surface area contributed by atoms with Crippen molar-refractivity contribution in [3.63, 3.8) is 0 Å². The Bertz CT molecular complexity index is 1160. The molecule has 0 bridgehead atoms.